The van der Waals surface area contributed by atoms with Gasteiger partial charge in [-0.1, -0.05) is 0 Å². The molecule has 3 rings (SSSR count). The summed E-state index contributed by atoms with van der Waals surface area (Å²) in [6.07, 6.45) is -2.83. The second-order valence-corrected chi connectivity index (χ2v) is 6.38. The van der Waals surface area contributed by atoms with E-state index in [1.54, 1.807) is 0 Å². The standard InChI is InChI=1S/C18H19F3N4O/c1-12-4-9-16(24-23-12)25-10-2-3-13(11-25)17(26)22-15-7-5-14(6-8-15)18(19,20)21/h4-9,13H,2-3,10-11H2,1H3,(H,22,26)/t13-/m1/s1. The number of halogens is 3. The third-order valence-electron chi connectivity index (χ3n) is 4.38. The van der Waals surface area contributed by atoms with Gasteiger partial charge in [-0.3, -0.25) is 4.79 Å². The van der Waals surface area contributed by atoms with E-state index in [0.29, 0.717) is 12.2 Å². The number of carbonyl (C=O) groups excluding carboxylic acids is 1. The molecule has 1 saturated heterocycles. The maximum absolute atomic E-state index is 12.6. The molecule has 1 fully saturated rings. The van der Waals surface area contributed by atoms with Crippen molar-refractivity contribution < 1.29 is 18.0 Å². The van der Waals surface area contributed by atoms with Gasteiger partial charge in [0.25, 0.3) is 0 Å². The van der Waals surface area contributed by atoms with Crippen molar-refractivity contribution in [1.29, 1.82) is 0 Å². The van der Waals surface area contributed by atoms with E-state index in [4.69, 9.17) is 0 Å². The van der Waals surface area contributed by atoms with Gasteiger partial charge in [-0.15, -0.1) is 5.10 Å². The van der Waals surface area contributed by atoms with Crippen molar-refractivity contribution in [1.82, 2.24) is 10.2 Å². The maximum Gasteiger partial charge on any atom is 0.416 e. The normalized spacial score (nSPS) is 17.8. The van der Waals surface area contributed by atoms with Crippen molar-refractivity contribution in [2.75, 3.05) is 23.3 Å². The van der Waals surface area contributed by atoms with Gasteiger partial charge in [0.2, 0.25) is 5.91 Å². The Labute approximate surface area is 149 Å². The predicted molar refractivity (Wildman–Crippen MR) is 91.8 cm³/mol. The van der Waals surface area contributed by atoms with E-state index in [-0.39, 0.29) is 11.8 Å². The number of anilines is 2. The molecule has 26 heavy (non-hydrogen) atoms. The van der Waals surface area contributed by atoms with Crippen molar-refractivity contribution in [3.8, 4) is 0 Å². The summed E-state index contributed by atoms with van der Waals surface area (Å²) in [5.41, 5.74) is 0.440. The zero-order valence-electron chi connectivity index (χ0n) is 14.3. The van der Waals surface area contributed by atoms with Gasteiger partial charge < -0.3 is 10.2 Å². The second-order valence-electron chi connectivity index (χ2n) is 6.38. The van der Waals surface area contributed by atoms with Crippen molar-refractivity contribution in [3.63, 3.8) is 0 Å². The molecule has 2 heterocycles. The summed E-state index contributed by atoms with van der Waals surface area (Å²) in [7, 11) is 0. The van der Waals surface area contributed by atoms with E-state index in [1.165, 1.54) is 12.1 Å². The number of piperidine rings is 1. The van der Waals surface area contributed by atoms with Gasteiger partial charge in [0, 0.05) is 18.8 Å². The number of aryl methyl sites for hydroxylation is 1. The molecule has 1 amide bonds. The average molecular weight is 364 g/mol. The Kier molecular flexibility index (Phi) is 5.11. The van der Waals surface area contributed by atoms with Crippen LogP contribution in [-0.4, -0.2) is 29.2 Å². The van der Waals surface area contributed by atoms with Crippen LogP contribution in [-0.2, 0) is 11.0 Å². The molecule has 0 spiro atoms. The molecular weight excluding hydrogens is 345 g/mol. The van der Waals surface area contributed by atoms with Gasteiger partial charge in [0.05, 0.1) is 17.2 Å². The summed E-state index contributed by atoms with van der Waals surface area (Å²) < 4.78 is 37.8. The van der Waals surface area contributed by atoms with Crippen molar-refractivity contribution in [3.05, 3.63) is 47.7 Å². The zero-order chi connectivity index (χ0) is 18.7. The van der Waals surface area contributed by atoms with Crippen molar-refractivity contribution in [2.45, 2.75) is 25.9 Å². The number of hydrogen-bond acceptors (Lipinski definition) is 4. The fourth-order valence-corrected chi connectivity index (χ4v) is 2.95. The predicted octanol–water partition coefficient (Wildman–Crippen LogP) is 3.66. The lowest BCUT2D eigenvalue weighted by atomic mass is 9.97. The lowest BCUT2D eigenvalue weighted by molar-refractivity contribution is -0.137. The van der Waals surface area contributed by atoms with Crippen molar-refractivity contribution in [2.24, 2.45) is 5.92 Å². The molecular formula is C18H19F3N4O. The number of rotatable bonds is 3. The Morgan fingerprint density at radius 2 is 1.88 bits per heavy atom. The summed E-state index contributed by atoms with van der Waals surface area (Å²) in [5, 5.41) is 10.9. The van der Waals surface area contributed by atoms with Crippen molar-refractivity contribution >= 4 is 17.4 Å². The molecule has 2 aromatic rings. The van der Waals surface area contributed by atoms with Crippen LogP contribution in [0.3, 0.4) is 0 Å². The molecule has 1 aromatic carbocycles. The Morgan fingerprint density at radius 1 is 1.15 bits per heavy atom. The molecule has 0 bridgehead atoms. The molecule has 8 heteroatoms. The minimum Gasteiger partial charge on any atom is -0.354 e. The first-order chi connectivity index (χ1) is 12.3. The summed E-state index contributed by atoms with van der Waals surface area (Å²) >= 11 is 0. The monoisotopic (exact) mass is 364 g/mol. The summed E-state index contributed by atoms with van der Waals surface area (Å²) in [4.78, 5) is 14.5. The van der Waals surface area contributed by atoms with Crippen LogP contribution in [0.25, 0.3) is 0 Å². The fraction of sp³-hybridized carbons (Fsp3) is 0.389. The highest BCUT2D eigenvalue weighted by atomic mass is 19.4. The lowest BCUT2D eigenvalue weighted by Crippen LogP contribution is -2.41. The third kappa shape index (κ3) is 4.30. The molecule has 5 nitrogen and oxygen atoms in total. The van der Waals surface area contributed by atoms with Crippen LogP contribution in [0.2, 0.25) is 0 Å². The van der Waals surface area contributed by atoms with Gasteiger partial charge in [0.15, 0.2) is 5.82 Å². The average Bonchev–Trinajstić information content (AvgIpc) is 2.62. The quantitative estimate of drug-likeness (QED) is 0.903. The number of aromatic nitrogens is 2. The molecule has 0 aliphatic carbocycles. The van der Waals surface area contributed by atoms with Gasteiger partial charge in [-0.25, -0.2) is 0 Å². The first kappa shape index (κ1) is 18.2. The van der Waals surface area contributed by atoms with Gasteiger partial charge >= 0.3 is 6.18 Å². The minimum absolute atomic E-state index is 0.200. The molecule has 0 unspecified atom stereocenters. The molecule has 1 atom stereocenters. The minimum atomic E-state index is -4.39. The number of benzene rings is 1. The number of alkyl halides is 3. The summed E-state index contributed by atoms with van der Waals surface area (Å²) in [6.45, 7) is 3.15. The molecule has 1 aliphatic heterocycles. The first-order valence-electron chi connectivity index (χ1n) is 8.36. The highest BCUT2D eigenvalue weighted by Crippen LogP contribution is 2.30. The molecule has 1 aromatic heterocycles. The molecule has 0 saturated carbocycles. The number of nitrogens with zero attached hydrogens (tertiary/aromatic N) is 3. The van der Waals surface area contributed by atoms with E-state index in [0.717, 1.165) is 43.0 Å². The maximum atomic E-state index is 12.6. The Balaban J connectivity index is 1.63. The van der Waals surface area contributed by atoms with E-state index >= 15 is 0 Å². The number of carbonyl (C=O) groups is 1. The number of hydrogen-bond donors (Lipinski definition) is 1. The highest BCUT2D eigenvalue weighted by molar-refractivity contribution is 5.93. The van der Waals surface area contributed by atoms with Crippen LogP contribution in [0.4, 0.5) is 24.7 Å². The summed E-state index contributed by atoms with van der Waals surface area (Å²) in [6, 6.07) is 8.21. The van der Waals surface area contributed by atoms with Crippen LogP contribution in [0.5, 0.6) is 0 Å². The fourth-order valence-electron chi connectivity index (χ4n) is 2.95. The van der Waals surface area contributed by atoms with Gasteiger partial charge in [-0.2, -0.15) is 18.3 Å². The number of amides is 1. The van der Waals surface area contributed by atoms with Crippen LogP contribution < -0.4 is 10.2 Å². The van der Waals surface area contributed by atoms with E-state index in [1.807, 2.05) is 24.0 Å². The Bertz CT molecular complexity index is 760. The Hall–Kier alpha value is -2.64. The Morgan fingerprint density at radius 3 is 2.50 bits per heavy atom. The van der Waals surface area contributed by atoms with Gasteiger partial charge in [0.1, 0.15) is 0 Å². The highest BCUT2D eigenvalue weighted by Gasteiger charge is 2.30. The second kappa shape index (κ2) is 7.31. The largest absolute Gasteiger partial charge is 0.416 e. The van der Waals surface area contributed by atoms with E-state index < -0.39 is 11.7 Å². The topological polar surface area (TPSA) is 58.1 Å². The SMILES string of the molecule is Cc1ccc(N2CCC[C@@H](C(=O)Nc3ccc(C(F)(F)F)cc3)C2)nn1. The van der Waals surface area contributed by atoms with Crippen LogP contribution >= 0.6 is 0 Å². The van der Waals surface area contributed by atoms with Crippen LogP contribution in [0, 0.1) is 12.8 Å². The smallest absolute Gasteiger partial charge is 0.354 e. The number of nitrogens with one attached hydrogen (secondary N) is 1. The van der Waals surface area contributed by atoms with Gasteiger partial charge in [-0.05, 0) is 56.2 Å². The zero-order valence-corrected chi connectivity index (χ0v) is 14.3. The lowest BCUT2D eigenvalue weighted by Gasteiger charge is -2.32. The molecule has 0 radical (unpaired) electrons. The van der Waals surface area contributed by atoms with Crippen LogP contribution in [0.1, 0.15) is 24.1 Å². The molecule has 1 N–H and O–H groups in total. The molecule has 138 valence electrons. The van der Waals surface area contributed by atoms with E-state index in [2.05, 4.69) is 15.5 Å². The summed E-state index contributed by atoms with van der Waals surface area (Å²) in [5.74, 6) is 0.270. The first-order valence-corrected chi connectivity index (χ1v) is 8.36. The van der Waals surface area contributed by atoms with Crippen LogP contribution in [0.15, 0.2) is 36.4 Å². The van der Waals surface area contributed by atoms with E-state index in [9.17, 15) is 18.0 Å². The molecule has 1 aliphatic rings. The third-order valence-corrected chi connectivity index (χ3v) is 4.38.